The van der Waals surface area contributed by atoms with Crippen molar-refractivity contribution in [3.05, 3.63) is 107 Å². The smallest absolute Gasteiger partial charge is 0.280 e. The van der Waals surface area contributed by atoms with Gasteiger partial charge >= 0.3 is 0 Å². The van der Waals surface area contributed by atoms with Crippen LogP contribution < -0.4 is 5.32 Å². The van der Waals surface area contributed by atoms with E-state index in [4.69, 9.17) is 11.6 Å². The molecule has 5 rings (SSSR count). The molecule has 0 bridgehead atoms. The summed E-state index contributed by atoms with van der Waals surface area (Å²) in [5.74, 6) is -1.02. The highest BCUT2D eigenvalue weighted by Crippen LogP contribution is 2.34. The summed E-state index contributed by atoms with van der Waals surface area (Å²) in [5, 5.41) is 7.44. The van der Waals surface area contributed by atoms with E-state index < -0.39 is 23.8 Å². The summed E-state index contributed by atoms with van der Waals surface area (Å²) in [6.45, 7) is 0. The maximum absolute atomic E-state index is 13.8. The fraction of sp³-hybridized carbons (Fsp3) is 0.0385. The number of carbonyl (C=O) groups is 1. The van der Waals surface area contributed by atoms with E-state index in [-0.39, 0.29) is 16.9 Å². The Morgan fingerprint density at radius 2 is 1.72 bits per heavy atom. The Hall–Kier alpha value is -3.82. The zero-order valence-corrected chi connectivity index (χ0v) is 19.9. The number of anilines is 1. The lowest BCUT2D eigenvalue weighted by molar-refractivity contribution is 0.102. The molecule has 0 atom stereocenters. The second-order valence-corrected chi connectivity index (χ2v) is 9.23. The first-order chi connectivity index (χ1) is 17.4. The van der Waals surface area contributed by atoms with Crippen LogP contribution in [-0.2, 0) is 0 Å². The van der Waals surface area contributed by atoms with E-state index in [9.17, 15) is 18.0 Å². The van der Waals surface area contributed by atoms with Gasteiger partial charge in [-0.1, -0.05) is 35.5 Å². The highest BCUT2D eigenvalue weighted by molar-refractivity contribution is 7.99. The van der Waals surface area contributed by atoms with Gasteiger partial charge in [-0.2, -0.15) is 5.10 Å². The Bertz CT molecular complexity index is 1560. The number of benzene rings is 3. The van der Waals surface area contributed by atoms with Crippen LogP contribution in [0.25, 0.3) is 16.9 Å². The van der Waals surface area contributed by atoms with Gasteiger partial charge in [0.1, 0.15) is 17.1 Å². The summed E-state index contributed by atoms with van der Waals surface area (Å²) in [7, 11) is 0. The highest BCUT2D eigenvalue weighted by atomic mass is 35.5. The number of para-hydroxylation sites is 1. The van der Waals surface area contributed by atoms with Crippen molar-refractivity contribution in [3.8, 4) is 11.3 Å². The Labute approximate surface area is 212 Å². The molecule has 5 aromatic rings. The highest BCUT2D eigenvalue weighted by Gasteiger charge is 2.22. The van der Waals surface area contributed by atoms with E-state index in [2.05, 4.69) is 15.4 Å². The number of nitrogens with zero attached hydrogens (tertiary/aromatic N) is 3. The monoisotopic (exact) mass is 524 g/mol. The normalized spacial score (nSPS) is 11.2. The van der Waals surface area contributed by atoms with Crippen molar-refractivity contribution in [1.29, 1.82) is 0 Å². The Morgan fingerprint density at radius 3 is 2.44 bits per heavy atom. The molecule has 0 aliphatic rings. The Balaban J connectivity index is 1.50. The average molecular weight is 525 g/mol. The predicted molar refractivity (Wildman–Crippen MR) is 133 cm³/mol. The van der Waals surface area contributed by atoms with Crippen LogP contribution >= 0.6 is 23.4 Å². The zero-order chi connectivity index (χ0) is 25.2. The fourth-order valence-electron chi connectivity index (χ4n) is 3.55. The fourth-order valence-corrected chi connectivity index (χ4v) is 4.58. The molecule has 1 amide bonds. The lowest BCUT2D eigenvalue weighted by Crippen LogP contribution is -2.13. The maximum Gasteiger partial charge on any atom is 0.280 e. The van der Waals surface area contributed by atoms with Gasteiger partial charge in [-0.25, -0.2) is 22.7 Å². The molecule has 0 spiro atoms. The van der Waals surface area contributed by atoms with Crippen molar-refractivity contribution in [2.24, 2.45) is 0 Å². The summed E-state index contributed by atoms with van der Waals surface area (Å²) < 4.78 is 42.0. The van der Waals surface area contributed by atoms with Crippen molar-refractivity contribution in [3.63, 3.8) is 0 Å². The van der Waals surface area contributed by atoms with Crippen molar-refractivity contribution >= 4 is 40.6 Å². The maximum atomic E-state index is 13.8. The number of nitrogens with one attached hydrogen (secondary N) is 1. The third-order valence-corrected chi connectivity index (χ3v) is 6.62. The number of alkyl halides is 2. The van der Waals surface area contributed by atoms with Crippen LogP contribution in [0.5, 0.6) is 0 Å². The van der Waals surface area contributed by atoms with Gasteiger partial charge in [0.25, 0.3) is 12.3 Å². The number of amides is 1. The number of carbonyl (C=O) groups excluding carboxylic acids is 1. The van der Waals surface area contributed by atoms with E-state index >= 15 is 0 Å². The van der Waals surface area contributed by atoms with Gasteiger partial charge in [0.2, 0.25) is 0 Å². The van der Waals surface area contributed by atoms with E-state index in [1.54, 1.807) is 24.3 Å². The third-order valence-electron chi connectivity index (χ3n) is 5.28. The molecule has 10 heteroatoms. The molecule has 0 fully saturated rings. The van der Waals surface area contributed by atoms with E-state index in [1.807, 2.05) is 24.3 Å². The zero-order valence-electron chi connectivity index (χ0n) is 18.3. The molecule has 36 heavy (non-hydrogen) atoms. The van der Waals surface area contributed by atoms with E-state index in [0.717, 1.165) is 14.3 Å². The molecule has 5 nitrogen and oxygen atoms in total. The third kappa shape index (κ3) is 4.93. The lowest BCUT2D eigenvalue weighted by atomic mass is 10.1. The summed E-state index contributed by atoms with van der Waals surface area (Å²) in [6, 6.07) is 21.0. The molecular formula is C26H16ClF3N4OS. The standard InChI is InChI=1S/C26H16ClF3N4OS/c27-16-7-11-18(12-8-16)36-23-4-2-1-3-20(23)33-26(35)19-14-31-34-22(24(29)30)13-21(32-25(19)34)15-5-9-17(28)10-6-15/h1-14,24H,(H,33,35). The Kier molecular flexibility index (Phi) is 6.67. The first-order valence-electron chi connectivity index (χ1n) is 10.7. The first kappa shape index (κ1) is 23.9. The van der Waals surface area contributed by atoms with Crippen molar-refractivity contribution in [2.45, 2.75) is 16.2 Å². The molecule has 3 aromatic carbocycles. The molecule has 0 saturated heterocycles. The minimum Gasteiger partial charge on any atom is -0.321 e. The molecule has 2 heterocycles. The van der Waals surface area contributed by atoms with Crippen LogP contribution in [0, 0.1) is 5.82 Å². The van der Waals surface area contributed by atoms with Crippen molar-refractivity contribution in [1.82, 2.24) is 14.6 Å². The second kappa shape index (κ2) is 10.0. The molecule has 180 valence electrons. The van der Waals surface area contributed by atoms with E-state index in [0.29, 0.717) is 16.3 Å². The van der Waals surface area contributed by atoms with Gasteiger partial charge in [0.15, 0.2) is 5.65 Å². The topological polar surface area (TPSA) is 59.3 Å². The van der Waals surface area contributed by atoms with Gasteiger partial charge < -0.3 is 5.32 Å². The minimum atomic E-state index is -2.87. The number of hydrogen-bond acceptors (Lipinski definition) is 4. The molecular weight excluding hydrogens is 509 g/mol. The van der Waals surface area contributed by atoms with Gasteiger partial charge in [0, 0.05) is 20.4 Å². The van der Waals surface area contributed by atoms with Crippen LogP contribution in [-0.4, -0.2) is 20.5 Å². The van der Waals surface area contributed by atoms with Crippen LogP contribution in [0.2, 0.25) is 5.02 Å². The summed E-state index contributed by atoms with van der Waals surface area (Å²) >= 11 is 7.40. The largest absolute Gasteiger partial charge is 0.321 e. The van der Waals surface area contributed by atoms with Crippen molar-refractivity contribution in [2.75, 3.05) is 5.32 Å². The molecule has 0 saturated carbocycles. The molecule has 1 N–H and O–H groups in total. The van der Waals surface area contributed by atoms with Crippen molar-refractivity contribution < 1.29 is 18.0 Å². The van der Waals surface area contributed by atoms with Gasteiger partial charge in [-0.05, 0) is 66.7 Å². The molecule has 0 aliphatic carbocycles. The summed E-state index contributed by atoms with van der Waals surface area (Å²) in [6.07, 6.45) is -1.67. The van der Waals surface area contributed by atoms with E-state index in [1.165, 1.54) is 48.3 Å². The second-order valence-electron chi connectivity index (χ2n) is 7.67. The Morgan fingerprint density at radius 1 is 1.00 bits per heavy atom. The molecule has 0 aliphatic heterocycles. The first-order valence-corrected chi connectivity index (χ1v) is 11.8. The SMILES string of the molecule is O=C(Nc1ccccc1Sc1ccc(Cl)cc1)c1cnn2c(C(F)F)cc(-c3ccc(F)cc3)nc12. The predicted octanol–water partition coefficient (Wildman–Crippen LogP) is 7.53. The van der Waals surface area contributed by atoms with Crippen LogP contribution in [0.15, 0.2) is 94.9 Å². The number of fused-ring (bicyclic) bond motifs is 1. The number of halogens is 4. The molecule has 2 aromatic heterocycles. The summed E-state index contributed by atoms with van der Waals surface area (Å²) in [5.41, 5.74) is 0.686. The lowest BCUT2D eigenvalue weighted by Gasteiger charge is -2.11. The number of rotatable bonds is 6. The number of aromatic nitrogens is 3. The quantitative estimate of drug-likeness (QED) is 0.249. The molecule has 0 radical (unpaired) electrons. The van der Waals surface area contributed by atoms with Crippen LogP contribution in [0.4, 0.5) is 18.9 Å². The van der Waals surface area contributed by atoms with Gasteiger partial charge in [-0.3, -0.25) is 4.79 Å². The minimum absolute atomic E-state index is 0.0205. The number of hydrogen-bond donors (Lipinski definition) is 1. The molecule has 0 unspecified atom stereocenters. The van der Waals surface area contributed by atoms with Crippen LogP contribution in [0.1, 0.15) is 22.5 Å². The van der Waals surface area contributed by atoms with Crippen LogP contribution in [0.3, 0.4) is 0 Å². The average Bonchev–Trinajstić information content (AvgIpc) is 3.30. The van der Waals surface area contributed by atoms with Gasteiger partial charge in [-0.15, -0.1) is 0 Å². The van der Waals surface area contributed by atoms with Gasteiger partial charge in [0.05, 0.1) is 17.6 Å². The summed E-state index contributed by atoms with van der Waals surface area (Å²) in [4.78, 5) is 19.3.